The number of rotatable bonds is 5. The summed E-state index contributed by atoms with van der Waals surface area (Å²) < 4.78 is 0. The van der Waals surface area contributed by atoms with Crippen LogP contribution in [0.4, 0.5) is 5.69 Å². The summed E-state index contributed by atoms with van der Waals surface area (Å²) in [7, 11) is 0. The molecule has 0 atom stereocenters. The Morgan fingerprint density at radius 2 is 2.05 bits per heavy atom. The van der Waals surface area contributed by atoms with Gasteiger partial charge in [-0.25, -0.2) is 4.98 Å². The molecule has 102 valence electrons. The maximum absolute atomic E-state index is 5.14. The Labute approximate surface area is 128 Å². The van der Waals surface area contributed by atoms with Crippen molar-refractivity contribution >= 4 is 34.8 Å². The van der Waals surface area contributed by atoms with Crippen molar-refractivity contribution in [2.75, 3.05) is 11.9 Å². The average molecular weight is 301 g/mol. The van der Waals surface area contributed by atoms with Gasteiger partial charge in [0, 0.05) is 11.4 Å². The first-order chi connectivity index (χ1) is 9.78. The van der Waals surface area contributed by atoms with E-state index in [1.165, 1.54) is 4.90 Å². The maximum atomic E-state index is 5.14. The number of hydrogen-bond acceptors (Lipinski definition) is 3. The largest absolute Gasteiger partial charge is 0.359 e. The Morgan fingerprint density at radius 1 is 1.25 bits per heavy atom. The van der Waals surface area contributed by atoms with E-state index >= 15 is 0 Å². The van der Waals surface area contributed by atoms with Crippen molar-refractivity contribution in [2.24, 2.45) is 0 Å². The summed E-state index contributed by atoms with van der Waals surface area (Å²) in [6, 6.07) is 14.1. The van der Waals surface area contributed by atoms with E-state index < -0.39 is 0 Å². The van der Waals surface area contributed by atoms with Gasteiger partial charge in [-0.05, 0) is 36.5 Å². The van der Waals surface area contributed by atoms with E-state index in [1.54, 1.807) is 24.0 Å². The molecule has 0 aliphatic rings. The molecule has 0 fully saturated rings. The van der Waals surface area contributed by atoms with Crippen LogP contribution in [0.3, 0.4) is 0 Å². The quantitative estimate of drug-likeness (QED) is 0.650. The van der Waals surface area contributed by atoms with Gasteiger partial charge in [-0.2, -0.15) is 0 Å². The Morgan fingerprint density at radius 3 is 2.70 bits per heavy atom. The zero-order valence-electron chi connectivity index (χ0n) is 10.9. The molecule has 0 saturated carbocycles. The lowest BCUT2D eigenvalue weighted by atomic mass is 10.4. The fourth-order valence-electron chi connectivity index (χ4n) is 1.46. The van der Waals surface area contributed by atoms with Crippen LogP contribution >= 0.6 is 24.0 Å². The van der Waals surface area contributed by atoms with Gasteiger partial charge in [0.05, 0.1) is 11.9 Å². The molecule has 5 heteroatoms. The highest BCUT2D eigenvalue weighted by Crippen LogP contribution is 2.25. The molecule has 2 aromatic rings. The summed E-state index contributed by atoms with van der Waals surface area (Å²) >= 11 is 6.76. The zero-order valence-corrected chi connectivity index (χ0v) is 12.5. The molecule has 1 aromatic heterocycles. The van der Waals surface area contributed by atoms with Crippen LogP contribution < -0.4 is 10.6 Å². The number of pyridine rings is 1. The van der Waals surface area contributed by atoms with Crippen LogP contribution in [0.15, 0.2) is 71.2 Å². The van der Waals surface area contributed by atoms with Crippen LogP contribution in [-0.2, 0) is 0 Å². The molecule has 3 nitrogen and oxygen atoms in total. The molecule has 0 saturated heterocycles. The van der Waals surface area contributed by atoms with Gasteiger partial charge in [0.2, 0.25) is 0 Å². The lowest BCUT2D eigenvalue weighted by molar-refractivity contribution is 1.06. The van der Waals surface area contributed by atoms with Gasteiger partial charge in [0.25, 0.3) is 0 Å². The van der Waals surface area contributed by atoms with Crippen LogP contribution in [0.1, 0.15) is 0 Å². The highest BCUT2D eigenvalue weighted by atomic mass is 32.2. The van der Waals surface area contributed by atoms with Gasteiger partial charge in [-0.1, -0.05) is 36.0 Å². The summed E-state index contributed by atoms with van der Waals surface area (Å²) in [6.45, 7) is 4.27. The summed E-state index contributed by atoms with van der Waals surface area (Å²) in [5.41, 5.74) is 0.865. The van der Waals surface area contributed by atoms with E-state index in [1.807, 2.05) is 30.3 Å². The highest BCUT2D eigenvalue weighted by molar-refractivity contribution is 7.99. The van der Waals surface area contributed by atoms with Gasteiger partial charge >= 0.3 is 0 Å². The molecule has 0 radical (unpaired) electrons. The first kappa shape index (κ1) is 14.6. The first-order valence-corrected chi connectivity index (χ1v) is 7.35. The first-order valence-electron chi connectivity index (χ1n) is 6.12. The number of aromatic nitrogens is 1. The molecular weight excluding hydrogens is 286 g/mol. The summed E-state index contributed by atoms with van der Waals surface area (Å²) in [4.78, 5) is 5.57. The second kappa shape index (κ2) is 7.67. The molecule has 1 aromatic carbocycles. The Kier molecular flexibility index (Phi) is 5.58. The molecule has 2 rings (SSSR count). The van der Waals surface area contributed by atoms with Gasteiger partial charge < -0.3 is 10.6 Å². The normalized spacial score (nSPS) is 9.80. The van der Waals surface area contributed by atoms with Crippen LogP contribution in [0.2, 0.25) is 0 Å². The second-order valence-electron chi connectivity index (χ2n) is 3.92. The molecular formula is C15H15N3S2. The molecule has 0 bridgehead atoms. The van der Waals surface area contributed by atoms with E-state index in [2.05, 4.69) is 34.3 Å². The predicted molar refractivity (Wildman–Crippen MR) is 89.2 cm³/mol. The van der Waals surface area contributed by atoms with E-state index in [0.29, 0.717) is 11.7 Å². The monoisotopic (exact) mass is 301 g/mol. The van der Waals surface area contributed by atoms with E-state index in [-0.39, 0.29) is 0 Å². The lowest BCUT2D eigenvalue weighted by Gasteiger charge is -2.09. The summed E-state index contributed by atoms with van der Waals surface area (Å²) in [6.07, 6.45) is 3.53. The minimum atomic E-state index is 0.565. The molecule has 0 aliphatic carbocycles. The van der Waals surface area contributed by atoms with Crippen molar-refractivity contribution in [2.45, 2.75) is 9.92 Å². The molecule has 1 heterocycles. The van der Waals surface area contributed by atoms with E-state index in [9.17, 15) is 0 Å². The van der Waals surface area contributed by atoms with E-state index in [0.717, 1.165) is 10.7 Å². The fraction of sp³-hybridized carbons (Fsp3) is 0.0667. The van der Waals surface area contributed by atoms with Gasteiger partial charge in [-0.3, -0.25) is 0 Å². The van der Waals surface area contributed by atoms with Crippen LogP contribution in [0.5, 0.6) is 0 Å². The average Bonchev–Trinajstić information content (AvgIpc) is 2.48. The smallest absolute Gasteiger partial charge is 0.171 e. The van der Waals surface area contributed by atoms with Crippen molar-refractivity contribution in [3.05, 3.63) is 61.3 Å². The fourth-order valence-corrected chi connectivity index (χ4v) is 2.44. The topological polar surface area (TPSA) is 37.0 Å². The second-order valence-corrected chi connectivity index (χ2v) is 5.43. The van der Waals surface area contributed by atoms with Gasteiger partial charge in [0.15, 0.2) is 5.11 Å². The third kappa shape index (κ3) is 4.68. The zero-order chi connectivity index (χ0) is 14.2. The predicted octanol–water partition coefficient (Wildman–Crippen LogP) is 3.71. The highest BCUT2D eigenvalue weighted by Gasteiger charge is 2.00. The van der Waals surface area contributed by atoms with Crippen molar-refractivity contribution in [1.82, 2.24) is 10.3 Å². The molecule has 0 unspecified atom stereocenters. The number of thiocarbonyl (C=S) groups is 1. The van der Waals surface area contributed by atoms with E-state index in [4.69, 9.17) is 12.2 Å². The Hall–Kier alpha value is -1.85. The van der Waals surface area contributed by atoms with Crippen molar-refractivity contribution < 1.29 is 0 Å². The number of benzene rings is 1. The minimum Gasteiger partial charge on any atom is -0.359 e. The molecule has 2 N–H and O–H groups in total. The summed E-state index contributed by atoms with van der Waals surface area (Å²) in [5.74, 6) is 0. The van der Waals surface area contributed by atoms with Crippen LogP contribution in [0, 0.1) is 0 Å². The van der Waals surface area contributed by atoms with Crippen LogP contribution in [-0.4, -0.2) is 16.6 Å². The third-order valence-corrected chi connectivity index (χ3v) is 3.57. The van der Waals surface area contributed by atoms with Crippen molar-refractivity contribution in [3.63, 3.8) is 0 Å². The minimum absolute atomic E-state index is 0.565. The Bertz CT molecular complexity index is 567. The number of nitrogens with zero attached hydrogens (tertiary/aromatic N) is 1. The standard InChI is InChI=1S/C15H15N3S2/c1-2-10-16-15(19)18-12-8-9-14(17-11-12)20-13-6-4-3-5-7-13/h2-9,11H,1,10H2,(H2,16,18,19). The summed E-state index contributed by atoms with van der Waals surface area (Å²) in [5, 5.41) is 7.59. The van der Waals surface area contributed by atoms with Crippen molar-refractivity contribution in [1.29, 1.82) is 0 Å². The molecule has 20 heavy (non-hydrogen) atoms. The lowest BCUT2D eigenvalue weighted by Crippen LogP contribution is -2.28. The number of hydrogen-bond donors (Lipinski definition) is 2. The maximum Gasteiger partial charge on any atom is 0.171 e. The third-order valence-electron chi connectivity index (χ3n) is 2.37. The Balaban J connectivity index is 1.93. The molecule has 0 spiro atoms. The van der Waals surface area contributed by atoms with Gasteiger partial charge in [0.1, 0.15) is 5.03 Å². The number of anilines is 1. The SMILES string of the molecule is C=CCNC(=S)Nc1ccc(Sc2ccccc2)nc1. The number of nitrogens with one attached hydrogen (secondary N) is 2. The van der Waals surface area contributed by atoms with Crippen molar-refractivity contribution in [3.8, 4) is 0 Å². The molecule has 0 aliphatic heterocycles. The van der Waals surface area contributed by atoms with Gasteiger partial charge in [-0.15, -0.1) is 6.58 Å². The molecule has 0 amide bonds. The van der Waals surface area contributed by atoms with Crippen LogP contribution in [0.25, 0.3) is 0 Å².